The molecule has 1 aromatic carbocycles. The zero-order chi connectivity index (χ0) is 14.8. The number of para-hydroxylation sites is 2. The van der Waals surface area contributed by atoms with Gasteiger partial charge in [-0.15, -0.1) is 0 Å². The molecular weight excluding hydrogens is 266 g/mol. The Labute approximate surface area is 124 Å². The molecule has 21 heavy (non-hydrogen) atoms. The predicted octanol–water partition coefficient (Wildman–Crippen LogP) is 1.40. The topological polar surface area (TPSA) is 56.1 Å². The van der Waals surface area contributed by atoms with E-state index in [4.69, 9.17) is 4.74 Å². The first-order chi connectivity index (χ1) is 10.2. The molecule has 1 saturated heterocycles. The van der Waals surface area contributed by atoms with Crippen LogP contribution in [0.3, 0.4) is 0 Å². The molecule has 0 saturated carbocycles. The van der Waals surface area contributed by atoms with Gasteiger partial charge in [-0.1, -0.05) is 12.1 Å². The number of likely N-dealkylation sites (N-methyl/N-ethyl adjacent to an activating group) is 1. The molecule has 1 aliphatic rings. The normalized spacial score (nSPS) is 22.0. The first-order valence-corrected chi connectivity index (χ1v) is 7.46. The summed E-state index contributed by atoms with van der Waals surface area (Å²) < 4.78 is 7.55. The van der Waals surface area contributed by atoms with Gasteiger partial charge in [0, 0.05) is 12.6 Å². The van der Waals surface area contributed by atoms with Gasteiger partial charge in [0.2, 0.25) is 0 Å². The van der Waals surface area contributed by atoms with E-state index in [-0.39, 0.29) is 17.7 Å². The molecule has 2 heterocycles. The molecule has 0 aliphatic carbocycles. The molecule has 0 radical (unpaired) electrons. The number of hydrogen-bond acceptors (Lipinski definition) is 4. The van der Waals surface area contributed by atoms with Crippen LogP contribution in [0.1, 0.15) is 12.7 Å². The van der Waals surface area contributed by atoms with Crippen LogP contribution >= 0.6 is 0 Å². The zero-order valence-corrected chi connectivity index (χ0v) is 12.5. The van der Waals surface area contributed by atoms with E-state index in [1.165, 1.54) is 0 Å². The Kier molecular flexibility index (Phi) is 4.03. The average molecular weight is 287 g/mol. The van der Waals surface area contributed by atoms with Crippen molar-refractivity contribution in [2.24, 2.45) is 5.92 Å². The van der Waals surface area contributed by atoms with Crippen molar-refractivity contribution < 1.29 is 9.53 Å². The van der Waals surface area contributed by atoms with Crippen LogP contribution in [-0.2, 0) is 22.5 Å². The number of carbonyl (C=O) groups is 1. The lowest BCUT2D eigenvalue weighted by molar-refractivity contribution is -0.122. The second-order valence-corrected chi connectivity index (χ2v) is 5.44. The third kappa shape index (κ3) is 2.59. The van der Waals surface area contributed by atoms with Gasteiger partial charge in [0.1, 0.15) is 11.6 Å². The molecule has 0 bridgehead atoms. The highest BCUT2D eigenvalue weighted by atomic mass is 16.5. The lowest BCUT2D eigenvalue weighted by Crippen LogP contribution is -2.37. The third-order valence-corrected chi connectivity index (χ3v) is 4.25. The van der Waals surface area contributed by atoms with Crippen molar-refractivity contribution in [3.8, 4) is 0 Å². The minimum Gasteiger partial charge on any atom is -0.379 e. The number of ketones is 1. The van der Waals surface area contributed by atoms with Crippen LogP contribution in [0.25, 0.3) is 11.0 Å². The van der Waals surface area contributed by atoms with E-state index < -0.39 is 0 Å². The Morgan fingerprint density at radius 3 is 3.00 bits per heavy atom. The first kappa shape index (κ1) is 14.2. The Balaban J connectivity index is 1.86. The van der Waals surface area contributed by atoms with E-state index in [2.05, 4.69) is 27.9 Å². The number of aryl methyl sites for hydroxylation is 1. The summed E-state index contributed by atoms with van der Waals surface area (Å²) in [5, 5.41) is 3.16. The molecule has 1 aromatic heterocycles. The minimum atomic E-state index is -0.0693. The number of nitrogens with one attached hydrogen (secondary N) is 1. The van der Waals surface area contributed by atoms with Gasteiger partial charge in [0.25, 0.3) is 0 Å². The van der Waals surface area contributed by atoms with Gasteiger partial charge in [-0.25, -0.2) is 4.98 Å². The molecule has 2 atom stereocenters. The summed E-state index contributed by atoms with van der Waals surface area (Å²) >= 11 is 0. The molecule has 1 aliphatic heterocycles. The highest BCUT2D eigenvalue weighted by Gasteiger charge is 2.33. The van der Waals surface area contributed by atoms with Crippen molar-refractivity contribution in [1.82, 2.24) is 14.9 Å². The molecule has 1 fully saturated rings. The van der Waals surface area contributed by atoms with Crippen molar-refractivity contribution in [2.75, 3.05) is 20.3 Å². The first-order valence-electron chi connectivity index (χ1n) is 7.46. The SMILES string of the molecule is CCn1c(CC(=O)C2COCC2NC)nc2ccccc21. The van der Waals surface area contributed by atoms with Crippen molar-refractivity contribution >= 4 is 16.8 Å². The zero-order valence-electron chi connectivity index (χ0n) is 12.5. The van der Waals surface area contributed by atoms with Crippen molar-refractivity contribution in [1.29, 1.82) is 0 Å². The highest BCUT2D eigenvalue weighted by Crippen LogP contribution is 2.20. The van der Waals surface area contributed by atoms with E-state index >= 15 is 0 Å². The average Bonchev–Trinajstić information content (AvgIpc) is 3.10. The van der Waals surface area contributed by atoms with Gasteiger partial charge in [-0.05, 0) is 26.1 Å². The fourth-order valence-corrected chi connectivity index (χ4v) is 3.06. The molecule has 3 rings (SSSR count). The van der Waals surface area contributed by atoms with Crippen molar-refractivity contribution in [3.05, 3.63) is 30.1 Å². The molecular formula is C16H21N3O2. The maximum absolute atomic E-state index is 12.6. The quantitative estimate of drug-likeness (QED) is 0.903. The Morgan fingerprint density at radius 1 is 1.43 bits per heavy atom. The molecule has 1 N–H and O–H groups in total. The van der Waals surface area contributed by atoms with Gasteiger partial charge in [-0.3, -0.25) is 4.79 Å². The van der Waals surface area contributed by atoms with Gasteiger partial charge in [-0.2, -0.15) is 0 Å². The maximum atomic E-state index is 12.6. The second kappa shape index (κ2) is 5.95. The van der Waals surface area contributed by atoms with Crippen LogP contribution in [0.5, 0.6) is 0 Å². The van der Waals surface area contributed by atoms with Crippen LogP contribution in [0, 0.1) is 5.92 Å². The summed E-state index contributed by atoms with van der Waals surface area (Å²) in [4.78, 5) is 17.2. The lowest BCUT2D eigenvalue weighted by Gasteiger charge is -2.15. The lowest BCUT2D eigenvalue weighted by atomic mass is 9.96. The fourth-order valence-electron chi connectivity index (χ4n) is 3.06. The second-order valence-electron chi connectivity index (χ2n) is 5.44. The smallest absolute Gasteiger partial charge is 0.147 e. The Bertz CT molecular complexity index is 650. The van der Waals surface area contributed by atoms with E-state index in [0.717, 1.165) is 23.4 Å². The van der Waals surface area contributed by atoms with E-state index in [1.807, 2.05) is 25.2 Å². The van der Waals surface area contributed by atoms with Gasteiger partial charge in [0.05, 0.1) is 36.6 Å². The molecule has 112 valence electrons. The number of hydrogen-bond donors (Lipinski definition) is 1. The van der Waals surface area contributed by atoms with Crippen LogP contribution in [-0.4, -0.2) is 41.6 Å². The molecule has 2 unspecified atom stereocenters. The number of aromatic nitrogens is 2. The number of rotatable bonds is 5. The highest BCUT2D eigenvalue weighted by molar-refractivity contribution is 5.85. The summed E-state index contributed by atoms with van der Waals surface area (Å²) in [6.07, 6.45) is 0.370. The number of imidazole rings is 1. The van der Waals surface area contributed by atoms with Crippen molar-refractivity contribution in [2.45, 2.75) is 25.9 Å². The molecule has 5 nitrogen and oxygen atoms in total. The number of carbonyl (C=O) groups excluding carboxylic acids is 1. The summed E-state index contributed by atoms with van der Waals surface area (Å²) in [7, 11) is 1.88. The summed E-state index contributed by atoms with van der Waals surface area (Å²) in [6, 6.07) is 8.14. The van der Waals surface area contributed by atoms with Gasteiger partial charge < -0.3 is 14.6 Å². The molecule has 0 amide bonds. The number of fused-ring (bicyclic) bond motifs is 1. The Hall–Kier alpha value is -1.72. The van der Waals surface area contributed by atoms with Crippen LogP contribution in [0.15, 0.2) is 24.3 Å². The molecule has 0 spiro atoms. The number of Topliss-reactive ketones (excluding diaryl/α,β-unsaturated/α-hetero) is 1. The fraction of sp³-hybridized carbons (Fsp3) is 0.500. The third-order valence-electron chi connectivity index (χ3n) is 4.25. The monoisotopic (exact) mass is 287 g/mol. The number of benzene rings is 1. The standard InChI is InChI=1S/C16H21N3O2/c1-3-19-14-7-5-4-6-12(14)18-16(19)8-15(20)11-9-21-10-13(11)17-2/h4-7,11,13,17H,3,8-10H2,1-2H3. The largest absolute Gasteiger partial charge is 0.379 e. The number of ether oxygens (including phenoxy) is 1. The maximum Gasteiger partial charge on any atom is 0.147 e. The van der Waals surface area contributed by atoms with Gasteiger partial charge in [0.15, 0.2) is 0 Å². The van der Waals surface area contributed by atoms with E-state index in [9.17, 15) is 4.79 Å². The Morgan fingerprint density at radius 2 is 2.24 bits per heavy atom. The summed E-state index contributed by atoms with van der Waals surface area (Å²) in [5.41, 5.74) is 2.05. The van der Waals surface area contributed by atoms with Crippen LogP contribution in [0.4, 0.5) is 0 Å². The molecule has 5 heteroatoms. The minimum absolute atomic E-state index is 0.0693. The summed E-state index contributed by atoms with van der Waals surface area (Å²) in [6.45, 7) is 4.02. The molecule has 2 aromatic rings. The van der Waals surface area contributed by atoms with E-state index in [1.54, 1.807) is 0 Å². The van der Waals surface area contributed by atoms with Crippen molar-refractivity contribution in [3.63, 3.8) is 0 Å². The summed E-state index contributed by atoms with van der Waals surface area (Å²) in [5.74, 6) is 0.988. The number of nitrogens with zero attached hydrogens (tertiary/aromatic N) is 2. The van der Waals surface area contributed by atoms with Gasteiger partial charge >= 0.3 is 0 Å². The van der Waals surface area contributed by atoms with Crippen LogP contribution in [0.2, 0.25) is 0 Å². The predicted molar refractivity (Wildman–Crippen MR) is 81.3 cm³/mol. The van der Waals surface area contributed by atoms with Crippen LogP contribution < -0.4 is 5.32 Å². The van der Waals surface area contributed by atoms with E-state index in [0.29, 0.717) is 19.6 Å².